The van der Waals surface area contributed by atoms with Gasteiger partial charge >= 0.3 is 0 Å². The summed E-state index contributed by atoms with van der Waals surface area (Å²) >= 11 is 0. The molecule has 0 amide bonds. The number of rotatable bonds is 10. The lowest BCUT2D eigenvalue weighted by atomic mass is 10.3. The van der Waals surface area contributed by atoms with Crippen LogP contribution in [0.15, 0.2) is 47.8 Å². The van der Waals surface area contributed by atoms with Gasteiger partial charge in [0.25, 0.3) is 0 Å². The van der Waals surface area contributed by atoms with Crippen LogP contribution in [-0.4, -0.2) is 35.2 Å². The Kier molecular flexibility index (Phi) is 8.38. The van der Waals surface area contributed by atoms with E-state index in [0.717, 1.165) is 44.0 Å². The van der Waals surface area contributed by atoms with E-state index >= 15 is 0 Å². The summed E-state index contributed by atoms with van der Waals surface area (Å²) in [7, 11) is 0. The van der Waals surface area contributed by atoms with Crippen LogP contribution in [0.2, 0.25) is 0 Å². The number of nitrogens with one attached hydrogen (secondary N) is 2. The monoisotopic (exact) mass is 343 g/mol. The van der Waals surface area contributed by atoms with Gasteiger partial charge in [-0.05, 0) is 31.5 Å². The van der Waals surface area contributed by atoms with Gasteiger partial charge < -0.3 is 19.9 Å². The van der Waals surface area contributed by atoms with Gasteiger partial charge in [-0.25, -0.2) is 9.98 Å². The third kappa shape index (κ3) is 6.87. The molecule has 136 valence electrons. The fourth-order valence-corrected chi connectivity index (χ4v) is 2.32. The van der Waals surface area contributed by atoms with Crippen LogP contribution in [0.25, 0.3) is 0 Å². The third-order valence-electron chi connectivity index (χ3n) is 3.67. The summed E-state index contributed by atoms with van der Waals surface area (Å²) in [6.07, 6.45) is 8.01. The van der Waals surface area contributed by atoms with E-state index in [1.54, 1.807) is 6.20 Å². The predicted molar refractivity (Wildman–Crippen MR) is 102 cm³/mol. The normalized spacial score (nSPS) is 11.4. The number of hydrogen-bond acceptors (Lipinski definition) is 3. The molecule has 0 fully saturated rings. The summed E-state index contributed by atoms with van der Waals surface area (Å²) in [6.45, 7) is 7.97. The van der Waals surface area contributed by atoms with Crippen molar-refractivity contribution in [3.63, 3.8) is 0 Å². The van der Waals surface area contributed by atoms with E-state index in [-0.39, 0.29) is 0 Å². The Morgan fingerprint density at radius 2 is 2.04 bits per heavy atom. The van der Waals surface area contributed by atoms with Gasteiger partial charge in [-0.1, -0.05) is 19.4 Å². The first-order chi connectivity index (χ1) is 12.3. The van der Waals surface area contributed by atoms with Crippen LogP contribution in [0.3, 0.4) is 0 Å². The summed E-state index contributed by atoms with van der Waals surface area (Å²) < 4.78 is 7.91. The predicted octanol–water partition coefficient (Wildman–Crippen LogP) is 2.82. The molecular formula is C19H29N5O. The first-order valence-corrected chi connectivity index (χ1v) is 9.03. The van der Waals surface area contributed by atoms with Crippen molar-refractivity contribution in [3.8, 4) is 5.88 Å². The van der Waals surface area contributed by atoms with Gasteiger partial charge in [-0.15, -0.1) is 0 Å². The zero-order valence-electron chi connectivity index (χ0n) is 15.2. The Morgan fingerprint density at radius 3 is 2.80 bits per heavy atom. The van der Waals surface area contributed by atoms with E-state index in [9.17, 15) is 0 Å². The number of hydrogen-bond donors (Lipinski definition) is 2. The number of ether oxygens (including phenoxy) is 1. The maximum Gasteiger partial charge on any atom is 0.218 e. The van der Waals surface area contributed by atoms with E-state index in [4.69, 9.17) is 4.74 Å². The molecule has 0 aliphatic carbocycles. The minimum absolute atomic E-state index is 0.536. The Balaban J connectivity index is 1.91. The molecule has 6 nitrogen and oxygen atoms in total. The maximum atomic E-state index is 5.78. The van der Waals surface area contributed by atoms with Crippen molar-refractivity contribution in [2.24, 2.45) is 4.99 Å². The Bertz CT molecular complexity index is 625. The zero-order valence-corrected chi connectivity index (χ0v) is 15.2. The fourth-order valence-electron chi connectivity index (χ4n) is 2.32. The number of pyridine rings is 1. The third-order valence-corrected chi connectivity index (χ3v) is 3.67. The zero-order chi connectivity index (χ0) is 17.7. The molecule has 0 unspecified atom stereocenters. The van der Waals surface area contributed by atoms with Crippen molar-refractivity contribution in [1.29, 1.82) is 0 Å². The van der Waals surface area contributed by atoms with Gasteiger partial charge in [0.2, 0.25) is 5.88 Å². The van der Waals surface area contributed by atoms with Crippen molar-refractivity contribution in [2.45, 2.75) is 39.8 Å². The molecule has 2 rings (SSSR count). The molecule has 0 bridgehead atoms. The van der Waals surface area contributed by atoms with Gasteiger partial charge in [-0.2, -0.15) is 0 Å². The van der Waals surface area contributed by atoms with E-state index < -0.39 is 0 Å². The van der Waals surface area contributed by atoms with Gasteiger partial charge in [-0.3, -0.25) is 0 Å². The lowest BCUT2D eigenvalue weighted by Gasteiger charge is -2.13. The minimum Gasteiger partial charge on any atom is -0.477 e. The topological polar surface area (TPSA) is 63.5 Å². The lowest BCUT2D eigenvalue weighted by molar-refractivity contribution is 0.294. The molecule has 0 atom stereocenters. The quantitative estimate of drug-likeness (QED) is 0.396. The molecular weight excluding hydrogens is 314 g/mol. The summed E-state index contributed by atoms with van der Waals surface area (Å²) in [5, 5.41) is 6.63. The van der Waals surface area contributed by atoms with Crippen molar-refractivity contribution in [1.82, 2.24) is 20.2 Å². The highest BCUT2D eigenvalue weighted by atomic mass is 16.5. The Hall–Kier alpha value is -2.50. The highest BCUT2D eigenvalue weighted by Crippen LogP contribution is 2.15. The number of aromatic nitrogens is 2. The van der Waals surface area contributed by atoms with Crippen LogP contribution in [0.4, 0.5) is 0 Å². The van der Waals surface area contributed by atoms with E-state index in [1.807, 2.05) is 24.3 Å². The fraction of sp³-hybridized carbons (Fsp3) is 0.474. The smallest absolute Gasteiger partial charge is 0.218 e. The van der Waals surface area contributed by atoms with Gasteiger partial charge in [0.15, 0.2) is 5.96 Å². The van der Waals surface area contributed by atoms with E-state index in [1.165, 1.54) is 0 Å². The van der Waals surface area contributed by atoms with Crippen molar-refractivity contribution in [2.75, 3.05) is 19.7 Å². The molecule has 2 heterocycles. The molecule has 2 aromatic rings. The summed E-state index contributed by atoms with van der Waals surface area (Å²) in [4.78, 5) is 8.99. The van der Waals surface area contributed by atoms with Crippen LogP contribution in [0.1, 0.15) is 32.3 Å². The average molecular weight is 343 g/mol. The molecule has 0 saturated carbocycles. The first-order valence-electron chi connectivity index (χ1n) is 9.03. The minimum atomic E-state index is 0.536. The number of guanidine groups is 1. The molecule has 0 aliphatic rings. The Labute approximate surface area is 150 Å². The molecule has 0 saturated heterocycles. The number of unbranched alkanes of at least 4 members (excludes halogenated alkanes) is 1. The summed E-state index contributed by atoms with van der Waals surface area (Å²) in [6, 6.07) is 7.99. The van der Waals surface area contributed by atoms with E-state index in [0.29, 0.717) is 19.0 Å². The summed E-state index contributed by atoms with van der Waals surface area (Å²) in [5.74, 6) is 1.49. The van der Waals surface area contributed by atoms with Crippen molar-refractivity contribution >= 4 is 5.96 Å². The van der Waals surface area contributed by atoms with Crippen molar-refractivity contribution in [3.05, 3.63) is 48.4 Å². The lowest BCUT2D eigenvalue weighted by Crippen LogP contribution is -2.38. The number of aliphatic imine (C=N–C) groups is 1. The van der Waals surface area contributed by atoms with Crippen LogP contribution in [-0.2, 0) is 13.1 Å². The van der Waals surface area contributed by atoms with Crippen LogP contribution in [0.5, 0.6) is 5.88 Å². The van der Waals surface area contributed by atoms with E-state index in [2.05, 4.69) is 51.4 Å². The second kappa shape index (κ2) is 11.1. The van der Waals surface area contributed by atoms with Gasteiger partial charge in [0.05, 0.1) is 13.2 Å². The molecule has 25 heavy (non-hydrogen) atoms. The molecule has 6 heteroatoms. The molecule has 0 radical (unpaired) electrons. The second-order valence-electron chi connectivity index (χ2n) is 5.71. The molecule has 0 aromatic carbocycles. The van der Waals surface area contributed by atoms with Gasteiger partial charge in [0.1, 0.15) is 0 Å². The SMILES string of the molecule is CCCCOc1ncccc1CN=C(NCC)NCCn1cccc1. The first kappa shape index (κ1) is 18.8. The standard InChI is InChI=1S/C19H29N5O/c1-3-5-15-25-18-17(9-8-10-21-18)16-23-19(20-4-2)22-11-14-24-12-6-7-13-24/h6-10,12-13H,3-5,11,14-16H2,1-2H3,(H2,20,22,23). The molecule has 0 aliphatic heterocycles. The molecule has 0 spiro atoms. The van der Waals surface area contributed by atoms with Crippen LogP contribution in [0, 0.1) is 0 Å². The molecule has 2 aromatic heterocycles. The van der Waals surface area contributed by atoms with Crippen LogP contribution >= 0.6 is 0 Å². The van der Waals surface area contributed by atoms with Crippen molar-refractivity contribution < 1.29 is 4.74 Å². The maximum absolute atomic E-state index is 5.78. The highest BCUT2D eigenvalue weighted by Gasteiger charge is 2.05. The average Bonchev–Trinajstić information content (AvgIpc) is 3.14. The van der Waals surface area contributed by atoms with Crippen LogP contribution < -0.4 is 15.4 Å². The largest absolute Gasteiger partial charge is 0.477 e. The highest BCUT2D eigenvalue weighted by molar-refractivity contribution is 5.79. The summed E-state index contributed by atoms with van der Waals surface area (Å²) in [5.41, 5.74) is 1.00. The number of nitrogens with zero attached hydrogens (tertiary/aromatic N) is 3. The second-order valence-corrected chi connectivity index (χ2v) is 5.71. The Morgan fingerprint density at radius 1 is 1.20 bits per heavy atom. The molecule has 2 N–H and O–H groups in total. The van der Waals surface area contributed by atoms with Gasteiger partial charge in [0, 0.05) is 43.8 Å².